The minimum absolute atomic E-state index is 0.151. The molecule has 0 spiro atoms. The third-order valence-electron chi connectivity index (χ3n) is 13.8. The Bertz CT molecular complexity index is 3770. The maximum absolute atomic E-state index is 6.84. The Morgan fingerprint density at radius 3 is 1.81 bits per heavy atom. The van der Waals surface area contributed by atoms with Gasteiger partial charge in [-0.25, -0.2) is 0 Å². The van der Waals surface area contributed by atoms with E-state index in [9.17, 15) is 0 Å². The molecule has 0 N–H and O–H groups in total. The second-order valence-corrected chi connectivity index (χ2v) is 17.7. The van der Waals surface area contributed by atoms with Crippen LogP contribution in [0.25, 0.3) is 93.6 Å². The van der Waals surface area contributed by atoms with Gasteiger partial charge in [0.15, 0.2) is 0 Å². The maximum atomic E-state index is 6.84. The summed E-state index contributed by atoms with van der Waals surface area (Å²) in [6.07, 6.45) is 0. The van der Waals surface area contributed by atoms with Gasteiger partial charge >= 0.3 is 0 Å². The molecule has 12 aromatic rings. The van der Waals surface area contributed by atoms with Crippen LogP contribution in [-0.4, -0.2) is 4.57 Å². The van der Waals surface area contributed by atoms with Crippen LogP contribution in [0.15, 0.2) is 223 Å². The molecule has 0 bridgehead atoms. The normalized spacial score (nSPS) is 13.0. The Kier molecular flexibility index (Phi) is 7.95. The lowest BCUT2D eigenvalue weighted by molar-refractivity contribution is 0.660. The zero-order valence-corrected chi connectivity index (χ0v) is 35.6. The molecule has 10 aromatic carbocycles. The predicted octanol–water partition coefficient (Wildman–Crippen LogP) is 16.9. The number of hydrogen-bond donors (Lipinski definition) is 0. The fourth-order valence-electron chi connectivity index (χ4n) is 10.7. The summed E-state index contributed by atoms with van der Waals surface area (Å²) in [6.45, 7) is 4.71. The number of aromatic nitrogens is 1. The molecule has 64 heavy (non-hydrogen) atoms. The third kappa shape index (κ3) is 5.47. The number of benzene rings is 10. The summed E-state index contributed by atoms with van der Waals surface area (Å²) in [5.41, 5.74) is 18.3. The number of fused-ring (bicyclic) bond motifs is 10. The van der Waals surface area contributed by atoms with Crippen LogP contribution in [0.1, 0.15) is 25.0 Å². The van der Waals surface area contributed by atoms with Crippen LogP contribution >= 0.6 is 0 Å². The summed E-state index contributed by atoms with van der Waals surface area (Å²) >= 11 is 0. The van der Waals surface area contributed by atoms with Gasteiger partial charge in [-0.3, -0.25) is 0 Å². The van der Waals surface area contributed by atoms with E-state index in [1.165, 1.54) is 60.4 Å². The Morgan fingerprint density at radius 1 is 0.406 bits per heavy atom. The van der Waals surface area contributed by atoms with E-state index < -0.39 is 0 Å². The molecular formula is C61H42N2O. The summed E-state index contributed by atoms with van der Waals surface area (Å²) < 4.78 is 9.23. The van der Waals surface area contributed by atoms with Gasteiger partial charge < -0.3 is 13.9 Å². The number of hydrogen-bond acceptors (Lipinski definition) is 2. The molecule has 0 radical (unpaired) electrons. The van der Waals surface area contributed by atoms with Crippen molar-refractivity contribution in [3.8, 4) is 39.1 Å². The van der Waals surface area contributed by atoms with Crippen LogP contribution in [-0.2, 0) is 5.41 Å². The molecule has 3 heteroatoms. The van der Waals surface area contributed by atoms with E-state index >= 15 is 0 Å². The minimum Gasteiger partial charge on any atom is -0.455 e. The van der Waals surface area contributed by atoms with Crippen molar-refractivity contribution in [2.24, 2.45) is 0 Å². The van der Waals surface area contributed by atoms with Gasteiger partial charge in [-0.1, -0.05) is 166 Å². The first-order chi connectivity index (χ1) is 31.5. The van der Waals surface area contributed by atoms with Gasteiger partial charge in [0.2, 0.25) is 0 Å². The van der Waals surface area contributed by atoms with Crippen molar-refractivity contribution in [3.05, 3.63) is 230 Å². The first-order valence-electron chi connectivity index (χ1n) is 22.2. The van der Waals surface area contributed by atoms with Crippen molar-refractivity contribution in [3.63, 3.8) is 0 Å². The fraction of sp³-hybridized carbons (Fsp3) is 0.0492. The van der Waals surface area contributed by atoms with Gasteiger partial charge in [-0.15, -0.1) is 0 Å². The molecule has 0 fully saturated rings. The molecule has 302 valence electrons. The van der Waals surface area contributed by atoms with Gasteiger partial charge in [0, 0.05) is 55.1 Å². The van der Waals surface area contributed by atoms with Crippen LogP contribution < -0.4 is 4.90 Å². The number of nitrogens with zero attached hydrogens (tertiary/aromatic N) is 2. The van der Waals surface area contributed by atoms with Crippen LogP contribution in [0.2, 0.25) is 0 Å². The smallest absolute Gasteiger partial charge is 0.143 e. The minimum atomic E-state index is -0.151. The Morgan fingerprint density at radius 2 is 1.02 bits per heavy atom. The zero-order chi connectivity index (χ0) is 42.5. The van der Waals surface area contributed by atoms with Crippen LogP contribution in [0.4, 0.5) is 17.1 Å². The maximum Gasteiger partial charge on any atom is 0.143 e. The Hall–Kier alpha value is -8.14. The van der Waals surface area contributed by atoms with E-state index in [2.05, 4.69) is 242 Å². The molecule has 1 aliphatic carbocycles. The molecule has 0 saturated heterocycles. The van der Waals surface area contributed by atoms with Crippen molar-refractivity contribution in [2.45, 2.75) is 19.3 Å². The predicted molar refractivity (Wildman–Crippen MR) is 269 cm³/mol. The van der Waals surface area contributed by atoms with Crippen molar-refractivity contribution in [2.75, 3.05) is 4.90 Å². The summed E-state index contributed by atoms with van der Waals surface area (Å²) in [6, 6.07) is 79.6. The topological polar surface area (TPSA) is 21.3 Å². The van der Waals surface area contributed by atoms with Gasteiger partial charge in [0.05, 0.1) is 16.7 Å². The van der Waals surface area contributed by atoms with Crippen molar-refractivity contribution in [1.82, 2.24) is 4.57 Å². The lowest BCUT2D eigenvalue weighted by Gasteiger charge is -2.30. The standard InChI is InChI=1S/C61H42N2O/c1-61(2)54-25-9-5-19-46(54)47-34-33-45(38-55(47)61)62(56-26-10-8-22-50(56)51-23-14-24-52-53-36-41-15-3-4-16-42(41)37-59(53)64-60(51)52)43-31-29-39(30-32-43)40-17-13-18-44(35-40)63-57-27-11-6-20-48(57)49-21-7-12-28-58(49)63/h3-38H,1-2H3. The molecule has 2 aromatic heterocycles. The number of furan rings is 1. The van der Waals surface area contributed by atoms with Crippen LogP contribution in [0, 0.1) is 0 Å². The summed E-state index contributed by atoms with van der Waals surface area (Å²) in [4.78, 5) is 2.43. The lowest BCUT2D eigenvalue weighted by Crippen LogP contribution is -2.16. The van der Waals surface area contributed by atoms with Crippen molar-refractivity contribution < 1.29 is 4.42 Å². The molecule has 0 aliphatic heterocycles. The van der Waals surface area contributed by atoms with Gasteiger partial charge in [-0.05, 0) is 111 Å². The van der Waals surface area contributed by atoms with Gasteiger partial charge in [0.1, 0.15) is 11.2 Å². The molecule has 3 nitrogen and oxygen atoms in total. The van der Waals surface area contributed by atoms with E-state index in [0.717, 1.165) is 61.4 Å². The highest BCUT2D eigenvalue weighted by atomic mass is 16.3. The second kappa shape index (κ2) is 13.9. The van der Waals surface area contributed by atoms with Crippen LogP contribution in [0.3, 0.4) is 0 Å². The van der Waals surface area contributed by atoms with E-state index in [1.807, 2.05) is 0 Å². The average Bonchev–Trinajstić information content (AvgIpc) is 3.96. The van der Waals surface area contributed by atoms with Gasteiger partial charge in [0.25, 0.3) is 0 Å². The molecule has 0 saturated carbocycles. The highest BCUT2D eigenvalue weighted by molar-refractivity contribution is 6.14. The highest BCUT2D eigenvalue weighted by Gasteiger charge is 2.36. The second-order valence-electron chi connectivity index (χ2n) is 17.7. The number of rotatable bonds is 6. The van der Waals surface area contributed by atoms with Gasteiger partial charge in [-0.2, -0.15) is 0 Å². The highest BCUT2D eigenvalue weighted by Crippen LogP contribution is 2.52. The SMILES string of the molecule is CC1(C)c2ccccc2-c2ccc(N(c3ccc(-c4cccc(-n5c6ccccc6c6ccccc65)c4)cc3)c3ccccc3-c3cccc4c3oc3cc5ccccc5cc34)cc21. The first kappa shape index (κ1) is 36.5. The number of para-hydroxylation sites is 4. The average molecular weight is 819 g/mol. The monoisotopic (exact) mass is 818 g/mol. The molecule has 1 aliphatic rings. The molecule has 13 rings (SSSR count). The first-order valence-corrected chi connectivity index (χ1v) is 22.2. The van der Waals surface area contributed by atoms with E-state index in [1.54, 1.807) is 0 Å². The molecular weight excluding hydrogens is 777 g/mol. The van der Waals surface area contributed by atoms with E-state index in [4.69, 9.17) is 4.42 Å². The van der Waals surface area contributed by atoms with Crippen LogP contribution in [0.5, 0.6) is 0 Å². The zero-order valence-electron chi connectivity index (χ0n) is 35.6. The van der Waals surface area contributed by atoms with E-state index in [-0.39, 0.29) is 5.41 Å². The molecule has 0 atom stereocenters. The molecule has 0 unspecified atom stereocenters. The quantitative estimate of drug-likeness (QED) is 0.167. The third-order valence-corrected chi connectivity index (χ3v) is 13.8. The lowest BCUT2D eigenvalue weighted by atomic mass is 9.82. The van der Waals surface area contributed by atoms with Crippen molar-refractivity contribution >= 4 is 71.6 Å². The fourth-order valence-corrected chi connectivity index (χ4v) is 10.7. The summed E-state index contributed by atoms with van der Waals surface area (Å²) in [5, 5.41) is 7.14. The van der Waals surface area contributed by atoms with E-state index in [0.29, 0.717) is 0 Å². The summed E-state index contributed by atoms with van der Waals surface area (Å²) in [5.74, 6) is 0. The largest absolute Gasteiger partial charge is 0.455 e. The molecule has 0 amide bonds. The summed E-state index contributed by atoms with van der Waals surface area (Å²) in [7, 11) is 0. The number of anilines is 3. The molecule has 2 heterocycles. The Labute approximate surface area is 371 Å². The Balaban J connectivity index is 0.970. The van der Waals surface area contributed by atoms with Crippen molar-refractivity contribution in [1.29, 1.82) is 0 Å².